The fraction of sp³-hybridized carbons (Fsp3) is 0.273. The Morgan fingerprint density at radius 3 is 2.06 bits per heavy atom. The van der Waals surface area contributed by atoms with Crippen molar-refractivity contribution in [1.29, 1.82) is 0 Å². The Balaban J connectivity index is 3.42. The van der Waals surface area contributed by atoms with Gasteiger partial charge in [-0.15, -0.1) is 0 Å². The number of carbonyl (C=O) groups is 2. The van der Waals surface area contributed by atoms with Gasteiger partial charge in [0.25, 0.3) is 0 Å². The first kappa shape index (κ1) is 13.1. The quantitative estimate of drug-likeness (QED) is 0.846. The highest BCUT2D eigenvalue weighted by molar-refractivity contribution is 5.86. The molecule has 92 valence electrons. The van der Waals surface area contributed by atoms with Crippen molar-refractivity contribution in [2.45, 2.75) is 18.8 Å². The van der Waals surface area contributed by atoms with E-state index in [0.29, 0.717) is 0 Å². The second kappa shape index (κ2) is 4.48. The minimum absolute atomic E-state index is 0.741. The zero-order chi connectivity index (χ0) is 13.2. The van der Waals surface area contributed by atoms with Gasteiger partial charge in [0.1, 0.15) is 17.0 Å². The minimum Gasteiger partial charge on any atom is -0.481 e. The fourth-order valence-electron chi connectivity index (χ4n) is 1.60. The molecule has 1 aromatic carbocycles. The molecule has 0 radical (unpaired) electrons. The summed E-state index contributed by atoms with van der Waals surface area (Å²) in [4.78, 5) is 21.7. The topological polar surface area (TPSA) is 74.6 Å². The zero-order valence-electron chi connectivity index (χ0n) is 8.91. The van der Waals surface area contributed by atoms with Crippen molar-refractivity contribution >= 4 is 11.9 Å². The number of rotatable bonds is 4. The van der Waals surface area contributed by atoms with Crippen molar-refractivity contribution in [3.63, 3.8) is 0 Å². The molecule has 0 saturated heterocycles. The molecule has 0 heterocycles. The van der Waals surface area contributed by atoms with E-state index in [4.69, 9.17) is 10.2 Å². The summed E-state index contributed by atoms with van der Waals surface area (Å²) in [5.41, 5.74) is -2.88. The Hall–Kier alpha value is -1.98. The molecule has 0 saturated carbocycles. The Morgan fingerprint density at radius 2 is 1.71 bits per heavy atom. The van der Waals surface area contributed by atoms with Gasteiger partial charge in [-0.25, -0.2) is 8.78 Å². The molecular weight excluding hydrogens is 234 g/mol. The summed E-state index contributed by atoms with van der Waals surface area (Å²) in [6, 6.07) is 2.86. The summed E-state index contributed by atoms with van der Waals surface area (Å²) in [5.74, 6) is -5.19. The van der Waals surface area contributed by atoms with Gasteiger partial charge in [-0.2, -0.15) is 0 Å². The summed E-state index contributed by atoms with van der Waals surface area (Å²) in [6.45, 7) is 0.977. The zero-order valence-corrected chi connectivity index (χ0v) is 8.91. The molecule has 0 spiro atoms. The predicted molar refractivity (Wildman–Crippen MR) is 53.6 cm³/mol. The molecule has 1 rings (SSSR count). The predicted octanol–water partition coefficient (Wildman–Crippen LogP) is 1.78. The van der Waals surface area contributed by atoms with E-state index in [1.807, 2.05) is 0 Å². The summed E-state index contributed by atoms with van der Waals surface area (Å²) < 4.78 is 26.9. The monoisotopic (exact) mass is 244 g/mol. The first-order chi connectivity index (χ1) is 7.79. The van der Waals surface area contributed by atoms with Crippen LogP contribution < -0.4 is 0 Å². The van der Waals surface area contributed by atoms with Crippen LogP contribution in [0.4, 0.5) is 8.78 Å². The average Bonchev–Trinajstić information content (AvgIpc) is 2.15. The van der Waals surface area contributed by atoms with Gasteiger partial charge in [0, 0.05) is 5.56 Å². The van der Waals surface area contributed by atoms with E-state index >= 15 is 0 Å². The van der Waals surface area contributed by atoms with Crippen LogP contribution in [0.15, 0.2) is 18.2 Å². The maximum Gasteiger partial charge on any atom is 0.314 e. The molecule has 4 nitrogen and oxygen atoms in total. The Kier molecular flexibility index (Phi) is 3.45. The molecule has 17 heavy (non-hydrogen) atoms. The van der Waals surface area contributed by atoms with Crippen LogP contribution >= 0.6 is 0 Å². The van der Waals surface area contributed by atoms with E-state index in [1.54, 1.807) is 0 Å². The minimum atomic E-state index is -2.14. The van der Waals surface area contributed by atoms with Crippen molar-refractivity contribution in [2.75, 3.05) is 0 Å². The molecule has 0 aromatic heterocycles. The number of hydrogen-bond acceptors (Lipinski definition) is 2. The molecule has 1 unspecified atom stereocenters. The molecule has 0 aliphatic heterocycles. The SMILES string of the molecule is CC(CC(=O)O)(C(=O)O)c1c(F)cccc1F. The van der Waals surface area contributed by atoms with Crippen LogP contribution in [0.25, 0.3) is 0 Å². The molecule has 0 bridgehead atoms. The molecule has 0 aliphatic rings. The van der Waals surface area contributed by atoms with Gasteiger partial charge in [0.2, 0.25) is 0 Å². The van der Waals surface area contributed by atoms with Crippen LogP contribution in [0.1, 0.15) is 18.9 Å². The molecule has 1 atom stereocenters. The lowest BCUT2D eigenvalue weighted by molar-refractivity contribution is -0.150. The lowest BCUT2D eigenvalue weighted by atomic mass is 9.79. The maximum absolute atomic E-state index is 13.5. The van der Waals surface area contributed by atoms with Crippen LogP contribution in [-0.2, 0) is 15.0 Å². The third-order valence-electron chi connectivity index (χ3n) is 2.49. The number of benzene rings is 1. The van der Waals surface area contributed by atoms with Crippen LogP contribution in [0.3, 0.4) is 0 Å². The molecule has 1 aromatic rings. The molecule has 0 amide bonds. The number of hydrogen-bond donors (Lipinski definition) is 2. The van der Waals surface area contributed by atoms with Crippen molar-refractivity contribution in [2.24, 2.45) is 0 Å². The van der Waals surface area contributed by atoms with Crippen molar-refractivity contribution in [3.8, 4) is 0 Å². The van der Waals surface area contributed by atoms with E-state index in [0.717, 1.165) is 25.1 Å². The highest BCUT2D eigenvalue weighted by atomic mass is 19.1. The van der Waals surface area contributed by atoms with Crippen molar-refractivity contribution in [1.82, 2.24) is 0 Å². The second-order valence-electron chi connectivity index (χ2n) is 3.80. The number of carboxylic acids is 2. The van der Waals surface area contributed by atoms with Gasteiger partial charge in [-0.3, -0.25) is 9.59 Å². The largest absolute Gasteiger partial charge is 0.481 e. The molecular formula is C11H10F2O4. The smallest absolute Gasteiger partial charge is 0.314 e. The van der Waals surface area contributed by atoms with Crippen molar-refractivity contribution in [3.05, 3.63) is 35.4 Å². The Bertz CT molecular complexity index is 452. The highest BCUT2D eigenvalue weighted by Gasteiger charge is 2.42. The van der Waals surface area contributed by atoms with Crippen LogP contribution in [0.2, 0.25) is 0 Å². The summed E-state index contributed by atoms with van der Waals surface area (Å²) in [7, 11) is 0. The fourth-order valence-corrected chi connectivity index (χ4v) is 1.60. The average molecular weight is 244 g/mol. The van der Waals surface area contributed by atoms with E-state index in [9.17, 15) is 18.4 Å². The highest BCUT2D eigenvalue weighted by Crippen LogP contribution is 2.32. The van der Waals surface area contributed by atoms with Gasteiger partial charge in [0.05, 0.1) is 6.42 Å². The molecule has 0 aliphatic carbocycles. The van der Waals surface area contributed by atoms with E-state index in [-0.39, 0.29) is 0 Å². The summed E-state index contributed by atoms with van der Waals surface area (Å²) >= 11 is 0. The Morgan fingerprint density at radius 1 is 1.24 bits per heavy atom. The first-order valence-corrected chi connectivity index (χ1v) is 4.68. The molecule has 2 N–H and O–H groups in total. The Labute approximate surface area is 95.5 Å². The van der Waals surface area contributed by atoms with Gasteiger partial charge in [0.15, 0.2) is 0 Å². The van der Waals surface area contributed by atoms with Gasteiger partial charge < -0.3 is 10.2 Å². The molecule has 6 heteroatoms. The van der Waals surface area contributed by atoms with Crippen molar-refractivity contribution < 1.29 is 28.6 Å². The van der Waals surface area contributed by atoms with E-state index in [1.165, 1.54) is 0 Å². The van der Waals surface area contributed by atoms with Gasteiger partial charge in [-0.05, 0) is 19.1 Å². The lowest BCUT2D eigenvalue weighted by Gasteiger charge is -2.24. The molecule has 0 fully saturated rings. The third kappa shape index (κ3) is 2.41. The lowest BCUT2D eigenvalue weighted by Crippen LogP contribution is -2.36. The van der Waals surface area contributed by atoms with Crippen LogP contribution in [0, 0.1) is 11.6 Å². The van der Waals surface area contributed by atoms with Crippen LogP contribution in [0.5, 0.6) is 0 Å². The van der Waals surface area contributed by atoms with Crippen LogP contribution in [-0.4, -0.2) is 22.2 Å². The number of halogens is 2. The second-order valence-corrected chi connectivity index (χ2v) is 3.80. The van der Waals surface area contributed by atoms with Gasteiger partial charge in [-0.1, -0.05) is 6.07 Å². The number of aliphatic carboxylic acids is 2. The first-order valence-electron chi connectivity index (χ1n) is 4.68. The standard InChI is InChI=1S/C11H10F2O4/c1-11(10(16)17,5-8(14)15)9-6(12)3-2-4-7(9)13/h2-4H,5H2,1H3,(H,14,15)(H,16,17). The summed E-state index contributed by atoms with van der Waals surface area (Å²) in [5, 5.41) is 17.6. The van der Waals surface area contributed by atoms with E-state index < -0.39 is 41.0 Å². The van der Waals surface area contributed by atoms with Gasteiger partial charge >= 0.3 is 11.9 Å². The van der Waals surface area contributed by atoms with E-state index in [2.05, 4.69) is 0 Å². The normalized spacial score (nSPS) is 14.1. The number of carboxylic acid groups (broad SMARTS) is 2. The maximum atomic E-state index is 13.5. The summed E-state index contributed by atoms with van der Waals surface area (Å²) in [6.07, 6.45) is -0.903. The third-order valence-corrected chi connectivity index (χ3v) is 2.49.